The van der Waals surface area contributed by atoms with Gasteiger partial charge in [-0.15, -0.1) is 0 Å². The van der Waals surface area contributed by atoms with Gasteiger partial charge in [-0.1, -0.05) is 18.2 Å². The van der Waals surface area contributed by atoms with Crippen molar-refractivity contribution < 1.29 is 9.50 Å². The zero-order valence-corrected chi connectivity index (χ0v) is 11.3. The van der Waals surface area contributed by atoms with Gasteiger partial charge in [0, 0.05) is 17.8 Å². The quantitative estimate of drug-likeness (QED) is 0.929. The van der Waals surface area contributed by atoms with E-state index in [-0.39, 0.29) is 11.7 Å². The molecule has 1 aliphatic rings. The van der Waals surface area contributed by atoms with Crippen LogP contribution in [0.4, 0.5) is 4.39 Å². The number of fused-ring (bicyclic) bond motifs is 1. The van der Waals surface area contributed by atoms with Crippen molar-refractivity contribution in [3.05, 3.63) is 65.2 Å². The van der Waals surface area contributed by atoms with Crippen LogP contribution in [-0.4, -0.2) is 16.2 Å². The summed E-state index contributed by atoms with van der Waals surface area (Å²) >= 11 is 0. The van der Waals surface area contributed by atoms with Crippen LogP contribution >= 0.6 is 0 Å². The van der Waals surface area contributed by atoms with E-state index in [2.05, 4.69) is 11.1 Å². The molecule has 1 heterocycles. The molecule has 0 amide bonds. The lowest BCUT2D eigenvalue weighted by Gasteiger charge is -2.28. The molecular formula is C17H18FNO. The molecule has 104 valence electrons. The summed E-state index contributed by atoms with van der Waals surface area (Å²) in [6.07, 6.45) is 4.97. The van der Waals surface area contributed by atoms with Crippen LogP contribution in [0.25, 0.3) is 0 Å². The Bertz CT molecular complexity index is 582. The van der Waals surface area contributed by atoms with Crippen LogP contribution in [0.2, 0.25) is 0 Å². The number of hydrogen-bond acceptors (Lipinski definition) is 2. The number of aliphatic hydroxyl groups excluding tert-OH is 1. The molecule has 1 aromatic carbocycles. The van der Waals surface area contributed by atoms with Crippen LogP contribution in [0.3, 0.4) is 0 Å². The van der Waals surface area contributed by atoms with Gasteiger partial charge in [-0.05, 0) is 55.0 Å². The van der Waals surface area contributed by atoms with E-state index in [0.29, 0.717) is 6.42 Å². The van der Waals surface area contributed by atoms with E-state index in [1.807, 2.05) is 6.07 Å². The van der Waals surface area contributed by atoms with Crippen LogP contribution in [0, 0.1) is 5.82 Å². The SMILES string of the molecule is OC(Cc1ccc(F)cc1)C1CCCc2cccnc21. The van der Waals surface area contributed by atoms with Gasteiger partial charge in [-0.25, -0.2) is 4.39 Å². The molecule has 2 atom stereocenters. The van der Waals surface area contributed by atoms with Crippen molar-refractivity contribution in [2.24, 2.45) is 0 Å². The second-order valence-corrected chi connectivity index (χ2v) is 5.44. The van der Waals surface area contributed by atoms with Gasteiger partial charge in [0.1, 0.15) is 5.82 Å². The number of pyridine rings is 1. The first-order valence-electron chi connectivity index (χ1n) is 7.10. The maximum Gasteiger partial charge on any atom is 0.123 e. The summed E-state index contributed by atoms with van der Waals surface area (Å²) in [5, 5.41) is 10.5. The molecule has 2 unspecified atom stereocenters. The average molecular weight is 271 g/mol. The fourth-order valence-corrected chi connectivity index (χ4v) is 3.02. The number of aromatic nitrogens is 1. The minimum absolute atomic E-state index is 0.0880. The number of nitrogens with zero attached hydrogens (tertiary/aromatic N) is 1. The molecule has 2 aromatic rings. The standard InChI is InChI=1S/C17H18FNO/c18-14-8-6-12(7-9-14)11-16(20)15-5-1-3-13-4-2-10-19-17(13)15/h2,4,6-10,15-16,20H,1,3,5,11H2. The number of rotatable bonds is 3. The highest BCUT2D eigenvalue weighted by atomic mass is 19.1. The first kappa shape index (κ1) is 13.3. The zero-order valence-electron chi connectivity index (χ0n) is 11.3. The summed E-state index contributed by atoms with van der Waals surface area (Å²) in [5.41, 5.74) is 3.25. The van der Waals surface area contributed by atoms with Crippen molar-refractivity contribution in [1.29, 1.82) is 0 Å². The first-order valence-corrected chi connectivity index (χ1v) is 7.10. The van der Waals surface area contributed by atoms with Crippen molar-refractivity contribution in [2.75, 3.05) is 0 Å². The highest BCUT2D eigenvalue weighted by Gasteiger charge is 2.27. The van der Waals surface area contributed by atoms with Crippen LogP contribution in [0.1, 0.15) is 35.6 Å². The summed E-state index contributed by atoms with van der Waals surface area (Å²) in [6, 6.07) is 10.4. The van der Waals surface area contributed by atoms with Crippen molar-refractivity contribution in [3.8, 4) is 0 Å². The molecule has 0 bridgehead atoms. The Balaban J connectivity index is 1.78. The Morgan fingerprint density at radius 1 is 1.25 bits per heavy atom. The van der Waals surface area contributed by atoms with Gasteiger partial charge in [-0.2, -0.15) is 0 Å². The molecule has 1 aliphatic carbocycles. The molecule has 0 radical (unpaired) electrons. The lowest BCUT2D eigenvalue weighted by atomic mass is 9.81. The summed E-state index contributed by atoms with van der Waals surface area (Å²) in [5.74, 6) is -0.155. The molecule has 0 spiro atoms. The van der Waals surface area contributed by atoms with Gasteiger partial charge in [0.15, 0.2) is 0 Å². The highest BCUT2D eigenvalue weighted by molar-refractivity contribution is 5.28. The average Bonchev–Trinajstić information content (AvgIpc) is 2.49. The molecule has 0 aliphatic heterocycles. The second-order valence-electron chi connectivity index (χ2n) is 5.44. The van der Waals surface area contributed by atoms with Crippen LogP contribution in [0.5, 0.6) is 0 Å². The molecule has 0 saturated heterocycles. The maximum absolute atomic E-state index is 12.9. The summed E-state index contributed by atoms with van der Waals surface area (Å²) in [7, 11) is 0. The Morgan fingerprint density at radius 2 is 2.05 bits per heavy atom. The fraction of sp³-hybridized carbons (Fsp3) is 0.353. The third-order valence-corrected chi connectivity index (χ3v) is 4.06. The molecule has 1 aromatic heterocycles. The van der Waals surface area contributed by atoms with Crippen LogP contribution in [0.15, 0.2) is 42.6 Å². The Labute approximate surface area is 118 Å². The van der Waals surface area contributed by atoms with E-state index in [0.717, 1.165) is 30.5 Å². The molecular weight excluding hydrogens is 253 g/mol. The molecule has 0 saturated carbocycles. The summed E-state index contributed by atoms with van der Waals surface area (Å²) in [4.78, 5) is 4.46. The van der Waals surface area contributed by atoms with Gasteiger partial charge < -0.3 is 5.11 Å². The third kappa shape index (κ3) is 2.73. The van der Waals surface area contributed by atoms with Crippen molar-refractivity contribution in [2.45, 2.75) is 37.7 Å². The Kier molecular flexibility index (Phi) is 3.79. The largest absolute Gasteiger partial charge is 0.392 e. The van der Waals surface area contributed by atoms with E-state index in [4.69, 9.17) is 0 Å². The minimum atomic E-state index is -0.464. The number of benzene rings is 1. The molecule has 0 fully saturated rings. The van der Waals surface area contributed by atoms with Gasteiger partial charge >= 0.3 is 0 Å². The van der Waals surface area contributed by atoms with E-state index < -0.39 is 6.10 Å². The normalized spacial score (nSPS) is 19.4. The maximum atomic E-state index is 12.9. The number of hydrogen-bond donors (Lipinski definition) is 1. The smallest absolute Gasteiger partial charge is 0.123 e. The number of aryl methyl sites for hydroxylation is 1. The van der Waals surface area contributed by atoms with E-state index in [1.54, 1.807) is 18.3 Å². The number of aliphatic hydroxyl groups is 1. The first-order chi connectivity index (χ1) is 9.74. The van der Waals surface area contributed by atoms with Gasteiger partial charge in [0.2, 0.25) is 0 Å². The molecule has 2 nitrogen and oxygen atoms in total. The molecule has 3 heteroatoms. The van der Waals surface area contributed by atoms with Gasteiger partial charge in [-0.3, -0.25) is 4.98 Å². The zero-order chi connectivity index (χ0) is 13.9. The summed E-state index contributed by atoms with van der Waals surface area (Å²) in [6.45, 7) is 0. The third-order valence-electron chi connectivity index (χ3n) is 4.06. The topological polar surface area (TPSA) is 33.1 Å². The predicted molar refractivity (Wildman–Crippen MR) is 76.0 cm³/mol. The van der Waals surface area contributed by atoms with Gasteiger partial charge in [0.05, 0.1) is 6.10 Å². The molecule has 20 heavy (non-hydrogen) atoms. The van der Waals surface area contributed by atoms with E-state index in [1.165, 1.54) is 17.7 Å². The van der Waals surface area contributed by atoms with Crippen LogP contribution in [-0.2, 0) is 12.8 Å². The van der Waals surface area contributed by atoms with E-state index >= 15 is 0 Å². The lowest BCUT2D eigenvalue weighted by molar-refractivity contribution is 0.132. The van der Waals surface area contributed by atoms with Crippen LogP contribution < -0.4 is 0 Å². The minimum Gasteiger partial charge on any atom is -0.392 e. The predicted octanol–water partition coefficient (Wildman–Crippen LogP) is 3.24. The summed E-state index contributed by atoms with van der Waals surface area (Å²) < 4.78 is 12.9. The lowest BCUT2D eigenvalue weighted by Crippen LogP contribution is -2.26. The second kappa shape index (κ2) is 5.71. The number of halogens is 1. The fourth-order valence-electron chi connectivity index (χ4n) is 3.02. The highest BCUT2D eigenvalue weighted by Crippen LogP contribution is 2.33. The van der Waals surface area contributed by atoms with Crippen molar-refractivity contribution in [1.82, 2.24) is 4.98 Å². The van der Waals surface area contributed by atoms with Gasteiger partial charge in [0.25, 0.3) is 0 Å². The molecule has 3 rings (SSSR count). The molecule has 1 N–H and O–H groups in total. The monoisotopic (exact) mass is 271 g/mol. The Morgan fingerprint density at radius 3 is 2.85 bits per heavy atom. The van der Waals surface area contributed by atoms with Crippen molar-refractivity contribution in [3.63, 3.8) is 0 Å². The Hall–Kier alpha value is -1.74. The van der Waals surface area contributed by atoms with E-state index in [9.17, 15) is 9.50 Å². The van der Waals surface area contributed by atoms with Crippen molar-refractivity contribution >= 4 is 0 Å².